The second-order valence-corrected chi connectivity index (χ2v) is 5.11. The lowest BCUT2D eigenvalue weighted by Gasteiger charge is -2.15. The number of aromatic hydroxyl groups is 1. The van der Waals surface area contributed by atoms with Crippen molar-refractivity contribution in [2.45, 2.75) is 26.8 Å². The number of carbonyl (C=O) groups excluding carboxylic acids is 1. The van der Waals surface area contributed by atoms with Gasteiger partial charge in [-0.3, -0.25) is 4.79 Å². The first-order chi connectivity index (χ1) is 9.47. The molecule has 1 amide bonds. The molecule has 0 spiro atoms. The number of rotatable bonds is 3. The number of benzene rings is 2. The van der Waals surface area contributed by atoms with Gasteiger partial charge in [0.05, 0.1) is 6.04 Å². The average Bonchev–Trinajstić information content (AvgIpc) is 2.42. The van der Waals surface area contributed by atoms with E-state index in [1.54, 1.807) is 19.1 Å². The lowest BCUT2D eigenvalue weighted by Crippen LogP contribution is -2.26. The van der Waals surface area contributed by atoms with E-state index in [0.717, 1.165) is 11.1 Å². The van der Waals surface area contributed by atoms with Gasteiger partial charge in [0.2, 0.25) is 0 Å². The van der Waals surface area contributed by atoms with Crippen molar-refractivity contribution in [3.63, 3.8) is 0 Å². The van der Waals surface area contributed by atoms with Crippen LogP contribution in [0.1, 0.15) is 40.0 Å². The second kappa shape index (κ2) is 5.78. The SMILES string of the molecule is Cc1ccc(C(C)NC(=O)c2ccc(C)c(O)c2)cc1. The van der Waals surface area contributed by atoms with E-state index >= 15 is 0 Å². The summed E-state index contributed by atoms with van der Waals surface area (Å²) in [5.74, 6) is -0.0472. The van der Waals surface area contributed by atoms with E-state index in [-0.39, 0.29) is 17.7 Å². The van der Waals surface area contributed by atoms with Gasteiger partial charge < -0.3 is 10.4 Å². The maximum atomic E-state index is 12.1. The van der Waals surface area contributed by atoms with Crippen molar-refractivity contribution in [1.82, 2.24) is 5.32 Å². The van der Waals surface area contributed by atoms with E-state index in [1.807, 2.05) is 38.1 Å². The molecule has 0 saturated carbocycles. The van der Waals surface area contributed by atoms with Crippen molar-refractivity contribution in [1.29, 1.82) is 0 Å². The summed E-state index contributed by atoms with van der Waals surface area (Å²) in [4.78, 5) is 12.1. The Morgan fingerprint density at radius 3 is 2.35 bits per heavy atom. The highest BCUT2D eigenvalue weighted by Gasteiger charge is 2.12. The molecule has 104 valence electrons. The molecule has 2 N–H and O–H groups in total. The summed E-state index contributed by atoms with van der Waals surface area (Å²) in [6.45, 7) is 5.77. The number of phenolic OH excluding ortho intramolecular Hbond substituents is 1. The van der Waals surface area contributed by atoms with Gasteiger partial charge in [-0.15, -0.1) is 0 Å². The summed E-state index contributed by atoms with van der Waals surface area (Å²) in [7, 11) is 0. The molecule has 3 nitrogen and oxygen atoms in total. The number of aryl methyl sites for hydroxylation is 2. The second-order valence-electron chi connectivity index (χ2n) is 5.11. The van der Waals surface area contributed by atoms with Crippen LogP contribution in [-0.2, 0) is 0 Å². The minimum atomic E-state index is -0.187. The Bertz CT molecular complexity index is 617. The number of amides is 1. The van der Waals surface area contributed by atoms with Crippen molar-refractivity contribution < 1.29 is 9.90 Å². The molecular formula is C17H19NO2. The molecule has 0 saturated heterocycles. The summed E-state index contributed by atoms with van der Waals surface area (Å²) in [6.07, 6.45) is 0. The van der Waals surface area contributed by atoms with Crippen LogP contribution in [-0.4, -0.2) is 11.0 Å². The van der Waals surface area contributed by atoms with Crippen LogP contribution in [0, 0.1) is 13.8 Å². The van der Waals surface area contributed by atoms with E-state index in [1.165, 1.54) is 11.6 Å². The lowest BCUT2D eigenvalue weighted by molar-refractivity contribution is 0.0939. The van der Waals surface area contributed by atoms with Crippen LogP contribution in [0.4, 0.5) is 0 Å². The maximum Gasteiger partial charge on any atom is 0.251 e. The van der Waals surface area contributed by atoms with Gasteiger partial charge in [-0.05, 0) is 44.0 Å². The van der Waals surface area contributed by atoms with Crippen LogP contribution in [0.25, 0.3) is 0 Å². The first kappa shape index (κ1) is 14.1. The molecule has 0 bridgehead atoms. The highest BCUT2D eigenvalue weighted by Crippen LogP contribution is 2.19. The molecule has 2 aromatic rings. The third-order valence-electron chi connectivity index (χ3n) is 3.40. The Kier molecular flexibility index (Phi) is 4.08. The lowest BCUT2D eigenvalue weighted by atomic mass is 10.1. The number of hydrogen-bond acceptors (Lipinski definition) is 2. The Balaban J connectivity index is 2.10. The molecule has 0 aliphatic rings. The van der Waals surface area contributed by atoms with E-state index in [4.69, 9.17) is 0 Å². The smallest absolute Gasteiger partial charge is 0.251 e. The highest BCUT2D eigenvalue weighted by molar-refractivity contribution is 5.94. The summed E-state index contributed by atoms with van der Waals surface area (Å²) in [6, 6.07) is 12.9. The van der Waals surface area contributed by atoms with E-state index < -0.39 is 0 Å². The molecule has 2 rings (SSSR count). The van der Waals surface area contributed by atoms with Crippen LogP contribution in [0.15, 0.2) is 42.5 Å². The fourth-order valence-electron chi connectivity index (χ4n) is 1.97. The molecule has 0 aliphatic heterocycles. The highest BCUT2D eigenvalue weighted by atomic mass is 16.3. The van der Waals surface area contributed by atoms with Gasteiger partial charge in [-0.1, -0.05) is 35.9 Å². The van der Waals surface area contributed by atoms with Crippen LogP contribution >= 0.6 is 0 Å². The van der Waals surface area contributed by atoms with Gasteiger partial charge in [0.1, 0.15) is 5.75 Å². The predicted molar refractivity (Wildman–Crippen MR) is 79.9 cm³/mol. The molecular weight excluding hydrogens is 250 g/mol. The van der Waals surface area contributed by atoms with Crippen LogP contribution in [0.5, 0.6) is 5.75 Å². The maximum absolute atomic E-state index is 12.1. The van der Waals surface area contributed by atoms with Crippen molar-refractivity contribution in [2.75, 3.05) is 0 Å². The Hall–Kier alpha value is -2.29. The van der Waals surface area contributed by atoms with Gasteiger partial charge in [0, 0.05) is 5.56 Å². The first-order valence-electron chi connectivity index (χ1n) is 6.64. The molecule has 2 aromatic carbocycles. The third-order valence-corrected chi connectivity index (χ3v) is 3.40. The molecule has 0 fully saturated rings. The third kappa shape index (κ3) is 3.18. The Labute approximate surface area is 119 Å². The summed E-state index contributed by atoms with van der Waals surface area (Å²) in [5.41, 5.74) is 3.47. The van der Waals surface area contributed by atoms with E-state index in [0.29, 0.717) is 5.56 Å². The van der Waals surface area contributed by atoms with E-state index in [2.05, 4.69) is 5.32 Å². The number of nitrogens with one attached hydrogen (secondary N) is 1. The predicted octanol–water partition coefficient (Wildman–Crippen LogP) is 3.50. The zero-order valence-corrected chi connectivity index (χ0v) is 12.0. The van der Waals surface area contributed by atoms with Crippen molar-refractivity contribution in [3.8, 4) is 5.75 Å². The van der Waals surface area contributed by atoms with Gasteiger partial charge in [-0.2, -0.15) is 0 Å². The summed E-state index contributed by atoms with van der Waals surface area (Å²) >= 11 is 0. The Morgan fingerprint density at radius 1 is 1.10 bits per heavy atom. The minimum Gasteiger partial charge on any atom is -0.508 e. The molecule has 0 aliphatic carbocycles. The topological polar surface area (TPSA) is 49.3 Å². The minimum absolute atomic E-state index is 0.0773. The van der Waals surface area contributed by atoms with Crippen LogP contribution in [0.2, 0.25) is 0 Å². The molecule has 0 aromatic heterocycles. The number of carbonyl (C=O) groups is 1. The standard InChI is InChI=1S/C17H19NO2/c1-11-4-7-14(8-5-11)13(3)18-17(20)15-9-6-12(2)16(19)10-15/h4-10,13,19H,1-3H3,(H,18,20). The largest absolute Gasteiger partial charge is 0.508 e. The molecule has 20 heavy (non-hydrogen) atoms. The van der Waals surface area contributed by atoms with Crippen LogP contribution < -0.4 is 5.32 Å². The van der Waals surface area contributed by atoms with Crippen LogP contribution in [0.3, 0.4) is 0 Å². The van der Waals surface area contributed by atoms with Crippen molar-refractivity contribution in [3.05, 3.63) is 64.7 Å². The fourth-order valence-corrected chi connectivity index (χ4v) is 1.97. The fraction of sp³-hybridized carbons (Fsp3) is 0.235. The van der Waals surface area contributed by atoms with Gasteiger partial charge in [0.25, 0.3) is 5.91 Å². The quantitative estimate of drug-likeness (QED) is 0.896. The zero-order chi connectivity index (χ0) is 14.7. The Morgan fingerprint density at radius 2 is 1.75 bits per heavy atom. The van der Waals surface area contributed by atoms with Crippen molar-refractivity contribution >= 4 is 5.91 Å². The van der Waals surface area contributed by atoms with Crippen molar-refractivity contribution in [2.24, 2.45) is 0 Å². The average molecular weight is 269 g/mol. The molecule has 1 unspecified atom stereocenters. The molecule has 0 radical (unpaired) electrons. The number of phenols is 1. The van der Waals surface area contributed by atoms with Gasteiger partial charge in [-0.25, -0.2) is 0 Å². The summed E-state index contributed by atoms with van der Waals surface area (Å²) in [5, 5.41) is 12.6. The summed E-state index contributed by atoms with van der Waals surface area (Å²) < 4.78 is 0. The molecule has 3 heteroatoms. The monoisotopic (exact) mass is 269 g/mol. The molecule has 1 atom stereocenters. The van der Waals surface area contributed by atoms with Gasteiger partial charge in [0.15, 0.2) is 0 Å². The first-order valence-corrected chi connectivity index (χ1v) is 6.64. The van der Waals surface area contributed by atoms with Gasteiger partial charge >= 0.3 is 0 Å². The zero-order valence-electron chi connectivity index (χ0n) is 12.0. The van der Waals surface area contributed by atoms with E-state index in [9.17, 15) is 9.90 Å². The molecule has 0 heterocycles. The number of hydrogen-bond donors (Lipinski definition) is 2. The normalized spacial score (nSPS) is 11.9.